The van der Waals surface area contributed by atoms with Gasteiger partial charge in [0.15, 0.2) is 0 Å². The molecule has 3 rings (SSSR count). The first-order valence-electron chi connectivity index (χ1n) is 10.3. The molecule has 0 amide bonds. The van der Waals surface area contributed by atoms with Crippen LogP contribution in [0.5, 0.6) is 0 Å². The van der Waals surface area contributed by atoms with Gasteiger partial charge in [-0.2, -0.15) is 12.6 Å². The molecule has 1 aliphatic carbocycles. The Morgan fingerprint density at radius 1 is 1.19 bits per heavy atom. The molecular formula is C22H37N2OS+. The maximum atomic E-state index is 6.28. The highest BCUT2D eigenvalue weighted by Gasteiger charge is 2.33. The molecule has 4 heteroatoms. The zero-order valence-corrected chi connectivity index (χ0v) is 17.7. The summed E-state index contributed by atoms with van der Waals surface area (Å²) < 4.78 is 6.28. The van der Waals surface area contributed by atoms with Crippen molar-refractivity contribution in [3.8, 4) is 0 Å². The van der Waals surface area contributed by atoms with Gasteiger partial charge in [0.1, 0.15) is 0 Å². The Morgan fingerprint density at radius 3 is 2.54 bits per heavy atom. The Kier molecular flexibility index (Phi) is 6.92. The van der Waals surface area contributed by atoms with Gasteiger partial charge in [0.05, 0.1) is 50.7 Å². The molecular weight excluding hydrogens is 340 g/mol. The first-order chi connectivity index (χ1) is 12.4. The number of quaternary nitrogens is 1. The second-order valence-electron chi connectivity index (χ2n) is 9.30. The Hall–Kier alpha value is -0.710. The van der Waals surface area contributed by atoms with E-state index in [0.717, 1.165) is 32.2 Å². The van der Waals surface area contributed by atoms with Crippen LogP contribution in [0.25, 0.3) is 0 Å². The lowest BCUT2D eigenvalue weighted by atomic mass is 9.71. The average molecular weight is 378 g/mol. The lowest BCUT2D eigenvalue weighted by Gasteiger charge is -2.39. The van der Waals surface area contributed by atoms with Crippen LogP contribution in [0.2, 0.25) is 0 Å². The van der Waals surface area contributed by atoms with E-state index in [4.69, 9.17) is 17.4 Å². The molecule has 1 aromatic carbocycles. The van der Waals surface area contributed by atoms with Crippen LogP contribution in [0.1, 0.15) is 40.0 Å². The van der Waals surface area contributed by atoms with Crippen LogP contribution in [-0.4, -0.2) is 50.7 Å². The molecule has 1 aromatic rings. The maximum absolute atomic E-state index is 6.28. The molecule has 3 nitrogen and oxygen atoms in total. The predicted octanol–water partition coefficient (Wildman–Crippen LogP) is 2.92. The van der Waals surface area contributed by atoms with E-state index in [1.165, 1.54) is 38.0 Å². The molecule has 1 saturated carbocycles. The van der Waals surface area contributed by atoms with E-state index < -0.39 is 0 Å². The summed E-state index contributed by atoms with van der Waals surface area (Å²) in [5.74, 6) is 0.777. The summed E-state index contributed by atoms with van der Waals surface area (Å²) in [5.41, 5.74) is 1.78. The summed E-state index contributed by atoms with van der Waals surface area (Å²) in [6, 6.07) is 10.8. The summed E-state index contributed by atoms with van der Waals surface area (Å²) in [7, 11) is 0. The van der Waals surface area contributed by atoms with E-state index in [9.17, 15) is 0 Å². The number of hydrogen-bond donors (Lipinski definition) is 2. The molecule has 26 heavy (non-hydrogen) atoms. The number of ether oxygens (including phenoxy) is 1. The first kappa shape index (κ1) is 20.0. The van der Waals surface area contributed by atoms with Crippen molar-refractivity contribution in [1.29, 1.82) is 0 Å². The van der Waals surface area contributed by atoms with Gasteiger partial charge in [-0.3, -0.25) is 0 Å². The number of para-hydroxylation sites is 1. The van der Waals surface area contributed by atoms with Gasteiger partial charge in [-0.15, -0.1) is 0 Å². The number of nitrogens with zero attached hydrogens (tertiary/aromatic N) is 1. The molecule has 1 N–H and O–H groups in total. The number of rotatable bonds is 6. The van der Waals surface area contributed by atoms with E-state index in [-0.39, 0.29) is 0 Å². The van der Waals surface area contributed by atoms with Crippen LogP contribution >= 0.6 is 12.6 Å². The topological polar surface area (TPSA) is 16.9 Å². The monoisotopic (exact) mass is 377 g/mol. The van der Waals surface area contributed by atoms with E-state index in [1.807, 2.05) is 0 Å². The Morgan fingerprint density at radius 2 is 1.88 bits per heavy atom. The molecule has 0 bridgehead atoms. The van der Waals surface area contributed by atoms with Crippen molar-refractivity contribution in [3.63, 3.8) is 0 Å². The Bertz CT molecular complexity index is 542. The van der Waals surface area contributed by atoms with Crippen molar-refractivity contribution >= 4 is 18.3 Å². The van der Waals surface area contributed by atoms with E-state index in [2.05, 4.69) is 56.0 Å². The van der Waals surface area contributed by atoms with Crippen molar-refractivity contribution < 1.29 is 9.64 Å². The highest BCUT2D eigenvalue weighted by atomic mass is 32.1. The fourth-order valence-electron chi connectivity index (χ4n) is 4.95. The average Bonchev–Trinajstić information content (AvgIpc) is 2.60. The quantitative estimate of drug-likeness (QED) is 0.742. The number of thiol groups is 1. The van der Waals surface area contributed by atoms with Crippen LogP contribution in [0.4, 0.5) is 5.69 Å². The van der Waals surface area contributed by atoms with Crippen LogP contribution in [-0.2, 0) is 4.74 Å². The van der Waals surface area contributed by atoms with Crippen LogP contribution in [0.15, 0.2) is 30.3 Å². The molecule has 1 aliphatic heterocycles. The fourth-order valence-corrected chi connectivity index (χ4v) is 5.29. The molecule has 0 spiro atoms. The van der Waals surface area contributed by atoms with E-state index in [1.54, 1.807) is 4.90 Å². The third-order valence-electron chi connectivity index (χ3n) is 5.99. The second kappa shape index (κ2) is 8.99. The van der Waals surface area contributed by atoms with Crippen LogP contribution < -0.4 is 9.80 Å². The van der Waals surface area contributed by atoms with Crippen molar-refractivity contribution in [2.75, 3.05) is 44.2 Å². The van der Waals surface area contributed by atoms with Gasteiger partial charge in [-0.05, 0) is 42.7 Å². The van der Waals surface area contributed by atoms with Gasteiger partial charge in [0, 0.05) is 5.69 Å². The number of hydrogen-bond acceptors (Lipinski definition) is 3. The van der Waals surface area contributed by atoms with Gasteiger partial charge in [-0.25, -0.2) is 0 Å². The smallest absolute Gasteiger partial charge is 0.0949 e. The van der Waals surface area contributed by atoms with E-state index >= 15 is 0 Å². The molecule has 0 radical (unpaired) electrons. The van der Waals surface area contributed by atoms with Crippen molar-refractivity contribution in [2.24, 2.45) is 11.3 Å². The number of nitrogens with one attached hydrogen (secondary N) is 1. The fraction of sp³-hybridized carbons (Fsp3) is 0.727. The molecule has 2 aliphatic rings. The van der Waals surface area contributed by atoms with Crippen LogP contribution in [0, 0.1) is 11.3 Å². The summed E-state index contributed by atoms with van der Waals surface area (Å²) in [4.78, 5) is 4.16. The molecule has 0 unspecified atom stereocenters. The molecule has 3 atom stereocenters. The lowest BCUT2D eigenvalue weighted by Crippen LogP contribution is -3.15. The molecule has 146 valence electrons. The highest BCUT2D eigenvalue weighted by molar-refractivity contribution is 7.81. The van der Waals surface area contributed by atoms with Gasteiger partial charge in [0.2, 0.25) is 0 Å². The minimum Gasteiger partial charge on any atom is -0.377 e. The number of anilines is 1. The highest BCUT2D eigenvalue weighted by Crippen LogP contribution is 2.39. The summed E-state index contributed by atoms with van der Waals surface area (Å²) >= 11 is 4.84. The van der Waals surface area contributed by atoms with Crippen LogP contribution in [0.3, 0.4) is 0 Å². The summed E-state index contributed by atoms with van der Waals surface area (Å²) in [6.07, 6.45) is 4.16. The van der Waals surface area contributed by atoms with Gasteiger partial charge in [0.25, 0.3) is 0 Å². The predicted molar refractivity (Wildman–Crippen MR) is 114 cm³/mol. The maximum Gasteiger partial charge on any atom is 0.0949 e. The van der Waals surface area contributed by atoms with Gasteiger partial charge in [-0.1, -0.05) is 39.0 Å². The standard InChI is InChI=1S/C22H36N2OS/c1-18-13-20(15-22(2,3)14-18)25-17-21(26)16-23-9-11-24(12-10-23)19-7-5-4-6-8-19/h4-8,18,20-21,26H,9-17H2,1-3H3/p+1/t18-,20-,21-/m1/s1. The first-order valence-corrected chi connectivity index (χ1v) is 10.9. The van der Waals surface area contributed by atoms with Crippen molar-refractivity contribution in [1.82, 2.24) is 0 Å². The third-order valence-corrected chi connectivity index (χ3v) is 6.32. The van der Waals surface area contributed by atoms with Crippen molar-refractivity contribution in [3.05, 3.63) is 30.3 Å². The minimum atomic E-state index is 0.341. The normalized spacial score (nSPS) is 28.1. The van der Waals surface area contributed by atoms with Crippen molar-refractivity contribution in [2.45, 2.75) is 51.4 Å². The summed E-state index contributed by atoms with van der Waals surface area (Å²) in [5, 5.41) is 0.341. The largest absolute Gasteiger partial charge is 0.377 e. The SMILES string of the molecule is C[C@@H]1C[C@@H](OC[C@H](S)C[NH+]2CCN(c3ccccc3)CC2)CC(C)(C)C1. The third kappa shape index (κ3) is 5.90. The Labute approximate surface area is 165 Å². The Balaban J connectivity index is 1.37. The zero-order chi connectivity index (χ0) is 18.6. The molecule has 1 saturated heterocycles. The van der Waals surface area contributed by atoms with Gasteiger partial charge < -0.3 is 14.5 Å². The summed E-state index contributed by atoms with van der Waals surface area (Å²) in [6.45, 7) is 13.7. The number of benzene rings is 1. The molecule has 2 fully saturated rings. The zero-order valence-electron chi connectivity index (χ0n) is 16.8. The van der Waals surface area contributed by atoms with Gasteiger partial charge >= 0.3 is 0 Å². The number of piperazine rings is 1. The molecule has 1 heterocycles. The lowest BCUT2D eigenvalue weighted by molar-refractivity contribution is -0.900. The van der Waals surface area contributed by atoms with E-state index in [0.29, 0.717) is 16.8 Å². The second-order valence-corrected chi connectivity index (χ2v) is 10.0. The minimum absolute atomic E-state index is 0.341. The molecule has 0 aromatic heterocycles.